The van der Waals surface area contributed by atoms with Crippen LogP contribution in [0.5, 0.6) is 5.75 Å². The largest absolute Gasteiger partial charge is 0.497 e. The zero-order chi connectivity index (χ0) is 21.2. The molecular formula is C22H26N2O5. The molecule has 2 aromatic rings. The Morgan fingerprint density at radius 1 is 1.00 bits per heavy atom. The number of anilines is 1. The zero-order valence-electron chi connectivity index (χ0n) is 16.9. The number of likely N-dealkylation sites (N-methyl/N-ethyl adjacent to an activating group) is 1. The van der Waals surface area contributed by atoms with Crippen LogP contribution < -0.4 is 10.1 Å². The number of nitrogens with zero attached hydrogens (tertiary/aromatic N) is 1. The van der Waals surface area contributed by atoms with Crippen LogP contribution in [-0.4, -0.2) is 50.0 Å². The van der Waals surface area contributed by atoms with Crippen LogP contribution in [0.1, 0.15) is 17.5 Å². The maximum atomic E-state index is 12.1. The second-order valence-electron chi connectivity index (χ2n) is 6.67. The van der Waals surface area contributed by atoms with Gasteiger partial charge in [-0.2, -0.15) is 0 Å². The topological polar surface area (TPSA) is 84.9 Å². The lowest BCUT2D eigenvalue weighted by atomic mass is 10.1. The summed E-state index contributed by atoms with van der Waals surface area (Å²) in [6.45, 7) is 1.43. The number of amides is 2. The third kappa shape index (κ3) is 7.65. The minimum atomic E-state index is -0.466. The highest BCUT2D eigenvalue weighted by molar-refractivity contribution is 5.94. The number of ether oxygens (including phenoxy) is 2. The van der Waals surface area contributed by atoms with E-state index in [2.05, 4.69) is 5.32 Å². The Bertz CT molecular complexity index is 831. The number of rotatable bonds is 9. The monoisotopic (exact) mass is 398 g/mol. The maximum absolute atomic E-state index is 12.1. The highest BCUT2D eigenvalue weighted by Crippen LogP contribution is 2.13. The Hall–Kier alpha value is -3.35. The minimum Gasteiger partial charge on any atom is -0.497 e. The van der Waals surface area contributed by atoms with E-state index in [0.717, 1.165) is 16.9 Å². The van der Waals surface area contributed by atoms with Gasteiger partial charge in [-0.1, -0.05) is 29.8 Å². The first-order chi connectivity index (χ1) is 13.9. The highest BCUT2D eigenvalue weighted by Gasteiger charge is 2.15. The molecule has 2 amide bonds. The Morgan fingerprint density at radius 2 is 1.66 bits per heavy atom. The molecule has 0 aliphatic carbocycles. The van der Waals surface area contributed by atoms with Crippen LogP contribution in [-0.2, 0) is 25.5 Å². The van der Waals surface area contributed by atoms with Gasteiger partial charge in [0.05, 0.1) is 13.7 Å². The Kier molecular flexibility index (Phi) is 8.21. The molecule has 1 N–H and O–H groups in total. The van der Waals surface area contributed by atoms with Crippen LogP contribution in [0.3, 0.4) is 0 Å². The molecule has 29 heavy (non-hydrogen) atoms. The van der Waals surface area contributed by atoms with Crippen LogP contribution >= 0.6 is 0 Å². The van der Waals surface area contributed by atoms with Gasteiger partial charge in [0.2, 0.25) is 5.91 Å². The SMILES string of the molecule is COc1ccc(CCC(=O)OCC(=O)N(C)CC(=O)Nc2ccc(C)cc2)cc1. The third-order valence-electron chi connectivity index (χ3n) is 4.28. The van der Waals surface area contributed by atoms with Crippen molar-refractivity contribution < 1.29 is 23.9 Å². The van der Waals surface area contributed by atoms with Crippen molar-refractivity contribution in [1.82, 2.24) is 4.90 Å². The average Bonchev–Trinajstić information content (AvgIpc) is 2.72. The number of esters is 1. The standard InChI is InChI=1S/C22H26N2O5/c1-16-4-9-18(10-5-16)23-20(25)14-24(2)21(26)15-29-22(27)13-8-17-6-11-19(28-3)12-7-17/h4-7,9-12H,8,13-15H2,1-3H3,(H,23,25). The maximum Gasteiger partial charge on any atom is 0.306 e. The molecule has 7 heteroatoms. The second-order valence-corrected chi connectivity index (χ2v) is 6.67. The molecule has 0 radical (unpaired) electrons. The van der Waals surface area contributed by atoms with Gasteiger partial charge in [0.15, 0.2) is 6.61 Å². The molecule has 7 nitrogen and oxygen atoms in total. The van der Waals surface area contributed by atoms with Crippen molar-refractivity contribution in [2.45, 2.75) is 19.8 Å². The fraction of sp³-hybridized carbons (Fsp3) is 0.318. The number of nitrogens with one attached hydrogen (secondary N) is 1. The molecule has 0 aliphatic heterocycles. The molecule has 154 valence electrons. The van der Waals surface area contributed by atoms with Gasteiger partial charge in [-0.3, -0.25) is 14.4 Å². The highest BCUT2D eigenvalue weighted by atomic mass is 16.5. The van der Waals surface area contributed by atoms with Crippen molar-refractivity contribution in [3.8, 4) is 5.75 Å². The van der Waals surface area contributed by atoms with Gasteiger partial charge in [0.1, 0.15) is 5.75 Å². The second kappa shape index (κ2) is 10.8. The predicted octanol–water partition coefficient (Wildman–Crippen LogP) is 2.58. The van der Waals surface area contributed by atoms with E-state index in [4.69, 9.17) is 9.47 Å². The molecule has 0 aromatic heterocycles. The minimum absolute atomic E-state index is 0.129. The van der Waals surface area contributed by atoms with E-state index >= 15 is 0 Å². The quantitative estimate of drug-likeness (QED) is 0.656. The molecular weight excluding hydrogens is 372 g/mol. The summed E-state index contributed by atoms with van der Waals surface area (Å²) >= 11 is 0. The van der Waals surface area contributed by atoms with E-state index in [1.54, 1.807) is 19.2 Å². The van der Waals surface area contributed by atoms with Crippen molar-refractivity contribution in [2.24, 2.45) is 0 Å². The number of hydrogen-bond donors (Lipinski definition) is 1. The number of benzene rings is 2. The van der Waals surface area contributed by atoms with Crippen molar-refractivity contribution in [2.75, 3.05) is 32.6 Å². The van der Waals surface area contributed by atoms with Crippen molar-refractivity contribution in [1.29, 1.82) is 0 Å². The molecule has 0 aliphatic rings. The normalized spacial score (nSPS) is 10.2. The van der Waals surface area contributed by atoms with Gasteiger partial charge in [-0.15, -0.1) is 0 Å². The number of methoxy groups -OCH3 is 1. The van der Waals surface area contributed by atoms with Crippen LogP contribution in [0.15, 0.2) is 48.5 Å². The number of carbonyl (C=O) groups excluding carboxylic acids is 3. The molecule has 0 heterocycles. The fourth-order valence-electron chi connectivity index (χ4n) is 2.50. The zero-order valence-corrected chi connectivity index (χ0v) is 16.9. The van der Waals surface area contributed by atoms with Gasteiger partial charge in [-0.25, -0.2) is 0 Å². The molecule has 0 unspecified atom stereocenters. The molecule has 0 saturated heterocycles. The summed E-state index contributed by atoms with van der Waals surface area (Å²) in [5.74, 6) is -0.486. The van der Waals surface area contributed by atoms with Crippen molar-refractivity contribution in [3.63, 3.8) is 0 Å². The first-order valence-corrected chi connectivity index (χ1v) is 9.26. The first-order valence-electron chi connectivity index (χ1n) is 9.26. The molecule has 0 bridgehead atoms. The summed E-state index contributed by atoms with van der Waals surface area (Å²) in [6.07, 6.45) is 0.670. The summed E-state index contributed by atoms with van der Waals surface area (Å²) in [5.41, 5.74) is 2.72. The predicted molar refractivity (Wildman–Crippen MR) is 110 cm³/mol. The first kappa shape index (κ1) is 21.9. The van der Waals surface area contributed by atoms with E-state index in [1.165, 1.54) is 11.9 Å². The van der Waals surface area contributed by atoms with Gasteiger partial charge in [0.25, 0.3) is 5.91 Å². The van der Waals surface area contributed by atoms with Crippen LogP contribution in [0, 0.1) is 6.92 Å². The smallest absolute Gasteiger partial charge is 0.306 e. The van der Waals surface area contributed by atoms with E-state index in [1.807, 2.05) is 43.3 Å². The number of hydrogen-bond acceptors (Lipinski definition) is 5. The van der Waals surface area contributed by atoms with Crippen LogP contribution in [0.25, 0.3) is 0 Å². The summed E-state index contributed by atoms with van der Waals surface area (Å²) in [4.78, 5) is 37.2. The fourth-order valence-corrected chi connectivity index (χ4v) is 2.50. The summed E-state index contributed by atoms with van der Waals surface area (Å²) in [5, 5.41) is 2.72. The molecule has 0 fully saturated rings. The van der Waals surface area contributed by atoms with E-state index in [0.29, 0.717) is 12.1 Å². The third-order valence-corrected chi connectivity index (χ3v) is 4.28. The summed E-state index contributed by atoms with van der Waals surface area (Å²) in [7, 11) is 3.08. The lowest BCUT2D eigenvalue weighted by Crippen LogP contribution is -2.37. The average molecular weight is 398 g/mol. The molecule has 0 saturated carbocycles. The van der Waals surface area contributed by atoms with Gasteiger partial charge in [-0.05, 0) is 43.2 Å². The Morgan fingerprint density at radius 3 is 2.28 bits per heavy atom. The number of carbonyl (C=O) groups is 3. The van der Waals surface area contributed by atoms with Crippen LogP contribution in [0.2, 0.25) is 0 Å². The Balaban J connectivity index is 1.69. The molecule has 2 rings (SSSR count). The lowest BCUT2D eigenvalue weighted by molar-refractivity contribution is -0.151. The summed E-state index contributed by atoms with van der Waals surface area (Å²) < 4.78 is 10.1. The summed E-state index contributed by atoms with van der Waals surface area (Å²) in [6, 6.07) is 14.7. The van der Waals surface area contributed by atoms with E-state index in [9.17, 15) is 14.4 Å². The van der Waals surface area contributed by atoms with Crippen molar-refractivity contribution >= 4 is 23.5 Å². The molecule has 2 aromatic carbocycles. The Labute approximate surface area is 170 Å². The molecule has 0 atom stereocenters. The lowest BCUT2D eigenvalue weighted by Gasteiger charge is -2.17. The van der Waals surface area contributed by atoms with E-state index in [-0.39, 0.29) is 18.9 Å². The van der Waals surface area contributed by atoms with Gasteiger partial charge in [0, 0.05) is 19.2 Å². The molecule has 0 spiro atoms. The van der Waals surface area contributed by atoms with Crippen molar-refractivity contribution in [3.05, 3.63) is 59.7 Å². The van der Waals surface area contributed by atoms with Crippen LogP contribution in [0.4, 0.5) is 5.69 Å². The van der Waals surface area contributed by atoms with Gasteiger partial charge >= 0.3 is 5.97 Å². The van der Waals surface area contributed by atoms with E-state index < -0.39 is 18.5 Å². The van der Waals surface area contributed by atoms with Gasteiger partial charge < -0.3 is 19.7 Å². The number of aryl methyl sites for hydroxylation is 2.